The third-order valence-electron chi connectivity index (χ3n) is 1.95. The van der Waals surface area contributed by atoms with E-state index in [0.29, 0.717) is 16.5 Å². The normalized spacial score (nSPS) is 17.9. The second kappa shape index (κ2) is 4.88. The highest BCUT2D eigenvalue weighted by molar-refractivity contribution is 8.15. The van der Waals surface area contributed by atoms with Crippen LogP contribution < -0.4 is 5.32 Å². The number of hydrogen-bond donors (Lipinski definition) is 3. The number of amidine groups is 1. The summed E-state index contributed by atoms with van der Waals surface area (Å²) < 4.78 is 0. The van der Waals surface area contributed by atoms with E-state index in [1.54, 1.807) is 0 Å². The first-order chi connectivity index (χ1) is 8.15. The molecule has 1 amide bonds. The second-order valence-corrected chi connectivity index (χ2v) is 4.19. The Kier molecular flexibility index (Phi) is 3.29. The summed E-state index contributed by atoms with van der Waals surface area (Å²) in [4.78, 5) is 10.8. The lowest BCUT2D eigenvalue weighted by atomic mass is 10.2. The van der Waals surface area contributed by atoms with E-state index in [-0.39, 0.29) is 17.4 Å². The number of phenols is 2. The molecule has 6 nitrogen and oxygen atoms in total. The lowest BCUT2D eigenvalue weighted by Gasteiger charge is -1.97. The number of nitrogens with zero attached hydrogens (tertiary/aromatic N) is 2. The molecule has 2 rings (SSSR count). The summed E-state index contributed by atoms with van der Waals surface area (Å²) in [5, 5.41) is 29.0. The number of nitrogens with one attached hydrogen (secondary N) is 1. The fraction of sp³-hybridized carbons (Fsp3) is 0.100. The van der Waals surface area contributed by atoms with E-state index in [2.05, 4.69) is 15.5 Å². The van der Waals surface area contributed by atoms with Gasteiger partial charge in [-0.15, -0.1) is 5.10 Å². The Balaban J connectivity index is 2.08. The molecule has 1 aliphatic heterocycles. The van der Waals surface area contributed by atoms with E-state index in [9.17, 15) is 9.90 Å². The third-order valence-corrected chi connectivity index (χ3v) is 2.81. The maximum absolute atomic E-state index is 10.8. The van der Waals surface area contributed by atoms with E-state index in [0.717, 1.165) is 0 Å². The lowest BCUT2D eigenvalue weighted by Crippen LogP contribution is -2.19. The molecule has 1 saturated heterocycles. The molecule has 0 aliphatic carbocycles. The topological polar surface area (TPSA) is 94.3 Å². The van der Waals surface area contributed by atoms with Gasteiger partial charge in [0.1, 0.15) is 11.5 Å². The summed E-state index contributed by atoms with van der Waals surface area (Å²) in [6.07, 6.45) is 1.34. The van der Waals surface area contributed by atoms with Crippen LogP contribution in [0.2, 0.25) is 0 Å². The van der Waals surface area contributed by atoms with Crippen LogP contribution in [0, 0.1) is 0 Å². The average Bonchev–Trinajstić information content (AvgIpc) is 2.68. The summed E-state index contributed by atoms with van der Waals surface area (Å²) in [6, 6.07) is 4.15. The summed E-state index contributed by atoms with van der Waals surface area (Å²) in [7, 11) is 0. The number of amides is 1. The number of thioether (sulfide) groups is 1. The third kappa shape index (κ3) is 2.97. The Bertz CT molecular complexity index is 514. The molecule has 0 atom stereocenters. The highest BCUT2D eigenvalue weighted by Gasteiger charge is 2.15. The Hall–Kier alpha value is -2.02. The van der Waals surface area contributed by atoms with Gasteiger partial charge >= 0.3 is 0 Å². The minimum atomic E-state index is -0.101. The smallest absolute Gasteiger partial charge is 0.236 e. The minimum absolute atomic E-state index is 0.0235. The maximum atomic E-state index is 10.8. The molecule has 1 aromatic carbocycles. The molecule has 1 heterocycles. The number of hydrogen-bond acceptors (Lipinski definition) is 6. The zero-order chi connectivity index (χ0) is 12.3. The van der Waals surface area contributed by atoms with E-state index in [4.69, 9.17) is 5.11 Å². The van der Waals surface area contributed by atoms with Gasteiger partial charge in [0.05, 0.1) is 12.0 Å². The van der Waals surface area contributed by atoms with Gasteiger partial charge < -0.3 is 15.5 Å². The first-order valence-corrected chi connectivity index (χ1v) is 5.69. The van der Waals surface area contributed by atoms with Crippen molar-refractivity contribution < 1.29 is 15.0 Å². The van der Waals surface area contributed by atoms with Crippen LogP contribution in [0.25, 0.3) is 0 Å². The molecule has 88 valence electrons. The van der Waals surface area contributed by atoms with Crippen molar-refractivity contribution >= 4 is 29.1 Å². The van der Waals surface area contributed by atoms with Crippen LogP contribution in [-0.2, 0) is 4.79 Å². The van der Waals surface area contributed by atoms with Gasteiger partial charge in [-0.25, -0.2) is 0 Å². The first kappa shape index (κ1) is 11.5. The lowest BCUT2D eigenvalue weighted by molar-refractivity contribution is -0.116. The van der Waals surface area contributed by atoms with E-state index in [1.165, 1.54) is 36.2 Å². The zero-order valence-corrected chi connectivity index (χ0v) is 9.44. The molecule has 0 radical (unpaired) electrons. The SMILES string of the molecule is O=C1CSC(=NN=Cc2ccc(O)cc2O)N1. The summed E-state index contributed by atoms with van der Waals surface area (Å²) in [5.41, 5.74) is 0.432. The van der Waals surface area contributed by atoms with Crippen molar-refractivity contribution in [3.8, 4) is 11.5 Å². The molecule has 1 fully saturated rings. The molecule has 0 bridgehead atoms. The minimum Gasteiger partial charge on any atom is -0.508 e. The van der Waals surface area contributed by atoms with Gasteiger partial charge in [0.15, 0.2) is 5.17 Å². The Morgan fingerprint density at radius 3 is 2.88 bits per heavy atom. The largest absolute Gasteiger partial charge is 0.508 e. The van der Waals surface area contributed by atoms with Crippen molar-refractivity contribution in [1.29, 1.82) is 0 Å². The zero-order valence-electron chi connectivity index (χ0n) is 8.62. The van der Waals surface area contributed by atoms with Gasteiger partial charge in [-0.3, -0.25) is 4.79 Å². The quantitative estimate of drug-likeness (QED) is 0.531. The number of aromatic hydroxyl groups is 2. The van der Waals surface area contributed by atoms with Crippen molar-refractivity contribution in [1.82, 2.24) is 5.32 Å². The summed E-state index contributed by atoms with van der Waals surface area (Å²) in [6.45, 7) is 0. The van der Waals surface area contributed by atoms with E-state index in [1.807, 2.05) is 0 Å². The van der Waals surface area contributed by atoms with Crippen LogP contribution >= 0.6 is 11.8 Å². The van der Waals surface area contributed by atoms with E-state index >= 15 is 0 Å². The highest BCUT2D eigenvalue weighted by atomic mass is 32.2. The molecule has 0 unspecified atom stereocenters. The number of carbonyl (C=O) groups excluding carboxylic acids is 1. The van der Waals surface area contributed by atoms with Gasteiger partial charge in [0.25, 0.3) is 0 Å². The van der Waals surface area contributed by atoms with Crippen molar-refractivity contribution in [2.24, 2.45) is 10.2 Å². The van der Waals surface area contributed by atoms with Gasteiger partial charge in [-0.05, 0) is 12.1 Å². The maximum Gasteiger partial charge on any atom is 0.236 e. The fourth-order valence-corrected chi connectivity index (χ4v) is 1.79. The van der Waals surface area contributed by atoms with Crippen LogP contribution in [0.1, 0.15) is 5.56 Å². The van der Waals surface area contributed by atoms with Gasteiger partial charge in [-0.1, -0.05) is 11.8 Å². The number of benzene rings is 1. The highest BCUT2D eigenvalue weighted by Crippen LogP contribution is 2.20. The Morgan fingerprint density at radius 2 is 2.24 bits per heavy atom. The number of phenolic OH excluding ortho intramolecular Hbond substituents is 2. The molecular formula is C10H9N3O3S. The van der Waals surface area contributed by atoms with Crippen LogP contribution in [0.15, 0.2) is 28.4 Å². The average molecular weight is 251 g/mol. The molecule has 7 heteroatoms. The van der Waals surface area contributed by atoms with Crippen LogP contribution in [0.3, 0.4) is 0 Å². The molecule has 0 aromatic heterocycles. The molecule has 3 N–H and O–H groups in total. The summed E-state index contributed by atoms with van der Waals surface area (Å²) in [5.74, 6) is 0.136. The molecule has 17 heavy (non-hydrogen) atoms. The summed E-state index contributed by atoms with van der Waals surface area (Å²) >= 11 is 1.27. The van der Waals surface area contributed by atoms with Crippen molar-refractivity contribution in [3.63, 3.8) is 0 Å². The predicted octanol–water partition coefficient (Wildman–Crippen LogP) is 0.651. The van der Waals surface area contributed by atoms with Crippen molar-refractivity contribution in [3.05, 3.63) is 23.8 Å². The van der Waals surface area contributed by atoms with Crippen LogP contribution in [0.4, 0.5) is 0 Å². The molecule has 1 aromatic rings. The second-order valence-electron chi connectivity index (χ2n) is 3.23. The van der Waals surface area contributed by atoms with Crippen molar-refractivity contribution in [2.75, 3.05) is 5.75 Å². The Labute approximate surface area is 101 Å². The van der Waals surface area contributed by atoms with Gasteiger partial charge in [0.2, 0.25) is 5.91 Å². The fourth-order valence-electron chi connectivity index (χ4n) is 1.16. The van der Waals surface area contributed by atoms with Gasteiger partial charge in [0, 0.05) is 11.6 Å². The molecular weight excluding hydrogens is 242 g/mol. The molecule has 0 saturated carbocycles. The number of rotatable bonds is 2. The molecule has 1 aliphatic rings. The van der Waals surface area contributed by atoms with Gasteiger partial charge in [-0.2, -0.15) is 5.10 Å². The standard InChI is InChI=1S/C10H9N3O3S/c14-7-2-1-6(8(15)3-7)4-11-13-10-12-9(16)5-17-10/h1-4,14-15H,5H2,(H,12,13,16). The number of carbonyl (C=O) groups is 1. The monoisotopic (exact) mass is 251 g/mol. The molecule has 0 spiro atoms. The van der Waals surface area contributed by atoms with E-state index < -0.39 is 0 Å². The first-order valence-electron chi connectivity index (χ1n) is 4.71. The predicted molar refractivity (Wildman–Crippen MR) is 65.4 cm³/mol. The van der Waals surface area contributed by atoms with Crippen LogP contribution in [0.5, 0.6) is 11.5 Å². The van der Waals surface area contributed by atoms with Crippen LogP contribution in [-0.4, -0.2) is 33.3 Å². The Morgan fingerprint density at radius 1 is 1.41 bits per heavy atom. The van der Waals surface area contributed by atoms with Crippen molar-refractivity contribution in [2.45, 2.75) is 0 Å².